The highest BCUT2D eigenvalue weighted by Crippen LogP contribution is 2.28. The minimum atomic E-state index is -0.932. The van der Waals surface area contributed by atoms with Crippen molar-refractivity contribution in [3.8, 4) is 0 Å². The predicted molar refractivity (Wildman–Crippen MR) is 102 cm³/mol. The van der Waals surface area contributed by atoms with Gasteiger partial charge in [-0.1, -0.05) is 11.6 Å². The fourth-order valence-corrected chi connectivity index (χ4v) is 3.78. The average molecular weight is 408 g/mol. The van der Waals surface area contributed by atoms with Crippen LogP contribution in [-0.2, 0) is 4.74 Å². The van der Waals surface area contributed by atoms with Crippen LogP contribution >= 0.6 is 22.9 Å². The molecule has 0 radical (unpaired) electrons. The lowest BCUT2D eigenvalue weighted by molar-refractivity contribution is -0.385. The van der Waals surface area contributed by atoms with Crippen LogP contribution in [0.2, 0.25) is 5.02 Å². The van der Waals surface area contributed by atoms with Gasteiger partial charge in [-0.15, -0.1) is 11.3 Å². The molecule has 2 heterocycles. The van der Waals surface area contributed by atoms with Crippen molar-refractivity contribution in [2.24, 2.45) is 0 Å². The molecule has 3 rings (SSSR count). The molecule has 2 aromatic heterocycles. The maximum atomic E-state index is 12.4. The van der Waals surface area contributed by atoms with Gasteiger partial charge in [0.05, 0.1) is 10.3 Å². The number of nitro benzene ring substituents is 1. The Bertz CT molecular complexity index is 1140. The summed E-state index contributed by atoms with van der Waals surface area (Å²) in [7, 11) is 0. The van der Waals surface area contributed by atoms with Gasteiger partial charge in [0.15, 0.2) is 11.9 Å². The molecule has 0 spiro atoms. The van der Waals surface area contributed by atoms with Crippen LogP contribution in [0.25, 0.3) is 10.2 Å². The molecule has 0 amide bonds. The van der Waals surface area contributed by atoms with Crippen molar-refractivity contribution in [1.82, 2.24) is 9.97 Å². The normalized spacial score (nSPS) is 12.1. The summed E-state index contributed by atoms with van der Waals surface area (Å²) in [6.45, 7) is 5.25. The van der Waals surface area contributed by atoms with Gasteiger partial charge in [-0.25, -0.2) is 9.78 Å². The third kappa shape index (κ3) is 3.56. The van der Waals surface area contributed by atoms with Gasteiger partial charge in [0.25, 0.3) is 11.2 Å². The molecule has 10 heteroatoms. The Morgan fingerprint density at radius 2 is 2.11 bits per heavy atom. The van der Waals surface area contributed by atoms with E-state index in [-0.39, 0.29) is 22.0 Å². The smallest absolute Gasteiger partial charge is 0.345 e. The summed E-state index contributed by atoms with van der Waals surface area (Å²) >= 11 is 7.20. The van der Waals surface area contributed by atoms with E-state index in [4.69, 9.17) is 16.3 Å². The van der Waals surface area contributed by atoms with Gasteiger partial charge in [0, 0.05) is 16.0 Å². The van der Waals surface area contributed by atoms with Gasteiger partial charge in [-0.3, -0.25) is 14.9 Å². The van der Waals surface area contributed by atoms with Gasteiger partial charge >= 0.3 is 5.97 Å². The zero-order chi connectivity index (χ0) is 19.9. The highest BCUT2D eigenvalue weighted by Gasteiger charge is 2.25. The molecule has 0 fully saturated rings. The molecule has 0 bridgehead atoms. The highest BCUT2D eigenvalue weighted by molar-refractivity contribution is 7.18. The molecule has 1 N–H and O–H groups in total. The van der Waals surface area contributed by atoms with Gasteiger partial charge in [0.2, 0.25) is 0 Å². The number of H-pyrrole nitrogens is 1. The second-order valence-electron chi connectivity index (χ2n) is 5.88. The number of nitrogens with zero attached hydrogens (tertiary/aromatic N) is 2. The first kappa shape index (κ1) is 19.0. The van der Waals surface area contributed by atoms with Crippen molar-refractivity contribution in [1.29, 1.82) is 0 Å². The number of thiophene rings is 1. The van der Waals surface area contributed by atoms with Gasteiger partial charge < -0.3 is 9.72 Å². The molecular weight excluding hydrogens is 394 g/mol. The number of aromatic amines is 1. The number of halogens is 1. The van der Waals surface area contributed by atoms with Crippen molar-refractivity contribution in [3.05, 3.63) is 65.5 Å². The van der Waals surface area contributed by atoms with Gasteiger partial charge in [-0.05, 0) is 38.5 Å². The third-order valence-electron chi connectivity index (χ3n) is 4.10. The molecule has 0 saturated carbocycles. The Morgan fingerprint density at radius 1 is 1.41 bits per heavy atom. The summed E-state index contributed by atoms with van der Waals surface area (Å²) < 4.78 is 5.28. The number of carbonyl (C=O) groups is 1. The van der Waals surface area contributed by atoms with Gasteiger partial charge in [-0.2, -0.15) is 0 Å². The van der Waals surface area contributed by atoms with E-state index in [1.54, 1.807) is 0 Å². The van der Waals surface area contributed by atoms with Crippen LogP contribution in [0, 0.1) is 24.0 Å². The van der Waals surface area contributed by atoms with E-state index in [0.717, 1.165) is 16.5 Å². The fraction of sp³-hybridized carbons (Fsp3) is 0.235. The standard InChI is InChI=1S/C17H14ClN3O5S/c1-7-9(3)27-16-13(7)15(22)19-14(20-16)8(2)26-17(23)11-6-10(18)4-5-12(11)21(24)25/h4-6,8H,1-3H3,(H,19,20,22)/t8-/m1/s1. The number of rotatable bonds is 4. The number of ether oxygens (including phenoxy) is 1. The number of aromatic nitrogens is 2. The molecule has 1 atom stereocenters. The number of aryl methyl sites for hydroxylation is 2. The first-order chi connectivity index (χ1) is 12.7. The largest absolute Gasteiger partial charge is 0.451 e. The van der Waals surface area contributed by atoms with Crippen molar-refractivity contribution >= 4 is 44.8 Å². The molecule has 1 aromatic carbocycles. The van der Waals surface area contributed by atoms with Gasteiger partial charge in [0.1, 0.15) is 10.4 Å². The quantitative estimate of drug-likeness (QED) is 0.395. The number of carbonyl (C=O) groups excluding carboxylic acids is 1. The summed E-state index contributed by atoms with van der Waals surface area (Å²) in [6, 6.07) is 3.61. The Morgan fingerprint density at radius 3 is 2.78 bits per heavy atom. The monoisotopic (exact) mass is 407 g/mol. The summed E-state index contributed by atoms with van der Waals surface area (Å²) in [6.07, 6.45) is -0.920. The van der Waals surface area contributed by atoms with Crippen LogP contribution in [0.15, 0.2) is 23.0 Å². The molecule has 0 unspecified atom stereocenters. The van der Waals surface area contributed by atoms with Crippen molar-refractivity contribution in [3.63, 3.8) is 0 Å². The first-order valence-electron chi connectivity index (χ1n) is 7.84. The second kappa shape index (κ2) is 7.09. The van der Waals surface area contributed by atoms with Crippen LogP contribution < -0.4 is 5.56 Å². The average Bonchev–Trinajstić information content (AvgIpc) is 2.89. The number of benzene rings is 1. The van der Waals surface area contributed by atoms with Crippen LogP contribution in [0.4, 0.5) is 5.69 Å². The topological polar surface area (TPSA) is 115 Å². The molecule has 0 aliphatic carbocycles. The summed E-state index contributed by atoms with van der Waals surface area (Å²) in [4.78, 5) is 43.7. The number of esters is 1. The Balaban J connectivity index is 1.94. The predicted octanol–water partition coefficient (Wildman–Crippen LogP) is 4.08. The van der Waals surface area contributed by atoms with E-state index in [2.05, 4.69) is 9.97 Å². The van der Waals surface area contributed by atoms with Crippen LogP contribution in [0.1, 0.15) is 39.7 Å². The van der Waals surface area contributed by atoms with Crippen molar-refractivity contribution in [2.75, 3.05) is 0 Å². The van der Waals surface area contributed by atoms with E-state index in [9.17, 15) is 19.7 Å². The number of fused-ring (bicyclic) bond motifs is 1. The summed E-state index contributed by atoms with van der Waals surface area (Å²) in [5, 5.41) is 11.8. The SMILES string of the molecule is Cc1sc2nc([C@@H](C)OC(=O)c3cc(Cl)ccc3[N+](=O)[O-])[nH]c(=O)c2c1C. The molecule has 0 aliphatic heterocycles. The first-order valence-corrected chi connectivity index (χ1v) is 9.03. The minimum absolute atomic E-state index is 0.159. The van der Waals surface area contributed by atoms with E-state index in [1.807, 2.05) is 13.8 Å². The molecule has 8 nitrogen and oxygen atoms in total. The maximum absolute atomic E-state index is 12.4. The van der Waals surface area contributed by atoms with E-state index in [0.29, 0.717) is 10.2 Å². The van der Waals surface area contributed by atoms with Crippen LogP contribution in [0.3, 0.4) is 0 Å². The fourth-order valence-electron chi connectivity index (χ4n) is 2.57. The zero-order valence-electron chi connectivity index (χ0n) is 14.5. The molecule has 140 valence electrons. The molecule has 3 aromatic rings. The number of hydrogen-bond donors (Lipinski definition) is 1. The molecule has 27 heavy (non-hydrogen) atoms. The molecule has 0 saturated heterocycles. The van der Waals surface area contributed by atoms with E-state index in [1.165, 1.54) is 30.4 Å². The Kier molecular flexibility index (Phi) is 4.99. The van der Waals surface area contributed by atoms with Crippen LogP contribution in [0.5, 0.6) is 0 Å². The lowest BCUT2D eigenvalue weighted by Gasteiger charge is -2.13. The lowest BCUT2D eigenvalue weighted by Crippen LogP contribution is -2.17. The van der Waals surface area contributed by atoms with Crippen molar-refractivity contribution in [2.45, 2.75) is 26.9 Å². The number of nitro groups is 1. The van der Waals surface area contributed by atoms with Crippen LogP contribution in [-0.4, -0.2) is 20.9 Å². The number of hydrogen-bond acceptors (Lipinski definition) is 7. The lowest BCUT2D eigenvalue weighted by atomic mass is 10.2. The molecular formula is C17H14ClN3O5S. The summed E-state index contributed by atoms with van der Waals surface area (Å²) in [5.41, 5.74) is -0.161. The Hall–Kier alpha value is -2.78. The highest BCUT2D eigenvalue weighted by atomic mass is 35.5. The summed E-state index contributed by atoms with van der Waals surface area (Å²) in [5.74, 6) is -0.773. The second-order valence-corrected chi connectivity index (χ2v) is 7.52. The minimum Gasteiger partial charge on any atom is -0.451 e. The maximum Gasteiger partial charge on any atom is 0.345 e. The third-order valence-corrected chi connectivity index (χ3v) is 5.44. The Labute approximate surface area is 161 Å². The zero-order valence-corrected chi connectivity index (χ0v) is 16.1. The molecule has 0 aliphatic rings. The number of nitrogens with one attached hydrogen (secondary N) is 1. The van der Waals surface area contributed by atoms with E-state index < -0.39 is 22.7 Å². The van der Waals surface area contributed by atoms with E-state index >= 15 is 0 Å². The van der Waals surface area contributed by atoms with Crippen molar-refractivity contribution < 1.29 is 14.5 Å².